The summed E-state index contributed by atoms with van der Waals surface area (Å²) in [5, 5.41) is 3.03. The molecule has 0 saturated heterocycles. The molecule has 2 aromatic heterocycles. The van der Waals surface area contributed by atoms with Crippen molar-refractivity contribution in [2.45, 2.75) is 25.3 Å². The molecule has 1 unspecified atom stereocenters. The van der Waals surface area contributed by atoms with Gasteiger partial charge in [0.15, 0.2) is 5.82 Å². The zero-order valence-corrected chi connectivity index (χ0v) is 12.8. The fourth-order valence-corrected chi connectivity index (χ4v) is 2.21. The summed E-state index contributed by atoms with van der Waals surface area (Å²) < 4.78 is 17.0. The van der Waals surface area contributed by atoms with Crippen molar-refractivity contribution >= 4 is 34.4 Å². The minimum absolute atomic E-state index is 0.0513. The third kappa shape index (κ3) is 4.00. The van der Waals surface area contributed by atoms with E-state index in [1.54, 1.807) is 18.3 Å². The number of halogens is 2. The molecule has 1 atom stereocenters. The zero-order chi connectivity index (χ0) is 15.9. The number of aromatic nitrogens is 3. The molecule has 0 radical (unpaired) electrons. The van der Waals surface area contributed by atoms with Gasteiger partial charge in [-0.15, -0.1) is 0 Å². The second kappa shape index (κ2) is 7.84. The minimum Gasteiger partial charge on any atom is -0.467 e. The van der Waals surface area contributed by atoms with Gasteiger partial charge in [0.25, 0.3) is 0 Å². The summed E-state index contributed by atoms with van der Waals surface area (Å²) in [6, 6.07) is 2.83. The van der Waals surface area contributed by atoms with Crippen LogP contribution >= 0.6 is 11.6 Å². The summed E-state index contributed by atoms with van der Waals surface area (Å²) in [5.74, 6) is -0.0936. The van der Waals surface area contributed by atoms with E-state index in [4.69, 9.17) is 16.3 Å². The maximum atomic E-state index is 12.2. The van der Waals surface area contributed by atoms with Crippen LogP contribution in [-0.4, -0.2) is 40.7 Å². The standard InChI is InChI=1S/C14H16ClFN4O2/c1-22-13(21)10(5-2-3-7-16)18-12-11-9(6-4-8-17-11)19-14(15)20-12/h4,6,8,10H,2-3,5,7H2,1H3,(H,18,19,20). The zero-order valence-electron chi connectivity index (χ0n) is 12.1. The molecule has 22 heavy (non-hydrogen) atoms. The van der Waals surface area contributed by atoms with Crippen molar-refractivity contribution in [2.24, 2.45) is 0 Å². The Labute approximate surface area is 132 Å². The Bertz CT molecular complexity index is 656. The van der Waals surface area contributed by atoms with Gasteiger partial charge in [-0.2, -0.15) is 4.98 Å². The minimum atomic E-state index is -0.646. The number of pyridine rings is 1. The molecule has 0 aliphatic carbocycles. The summed E-state index contributed by atoms with van der Waals surface area (Å²) in [6.07, 6.45) is 2.96. The molecule has 2 heterocycles. The van der Waals surface area contributed by atoms with Crippen molar-refractivity contribution in [1.29, 1.82) is 0 Å². The predicted molar refractivity (Wildman–Crippen MR) is 81.6 cm³/mol. The Morgan fingerprint density at radius 1 is 1.45 bits per heavy atom. The number of hydrogen-bond donors (Lipinski definition) is 1. The molecule has 118 valence electrons. The van der Waals surface area contributed by atoms with Crippen LogP contribution in [0.3, 0.4) is 0 Å². The summed E-state index contributed by atoms with van der Waals surface area (Å²) in [5.41, 5.74) is 1.07. The van der Waals surface area contributed by atoms with Crippen LogP contribution in [0.15, 0.2) is 18.3 Å². The van der Waals surface area contributed by atoms with Crippen LogP contribution in [0, 0.1) is 0 Å². The molecule has 1 N–H and O–H groups in total. The molecule has 0 spiro atoms. The normalized spacial score (nSPS) is 12.1. The van der Waals surface area contributed by atoms with E-state index in [-0.39, 0.29) is 5.28 Å². The van der Waals surface area contributed by atoms with Crippen molar-refractivity contribution in [2.75, 3.05) is 19.1 Å². The quantitative estimate of drug-likeness (QED) is 0.479. The second-order valence-electron chi connectivity index (χ2n) is 4.62. The molecule has 8 heteroatoms. The third-order valence-corrected chi connectivity index (χ3v) is 3.27. The number of nitrogens with zero attached hydrogens (tertiary/aromatic N) is 3. The SMILES string of the molecule is COC(=O)C(CCCCF)Nc1nc(Cl)nc2cccnc12. The van der Waals surface area contributed by atoms with E-state index in [1.165, 1.54) is 7.11 Å². The number of unbranched alkanes of at least 4 members (excludes halogenated alkanes) is 1. The van der Waals surface area contributed by atoms with Gasteiger partial charge in [-0.3, -0.25) is 9.37 Å². The number of esters is 1. The first-order valence-corrected chi connectivity index (χ1v) is 7.22. The number of anilines is 1. The van der Waals surface area contributed by atoms with Gasteiger partial charge < -0.3 is 10.1 Å². The van der Waals surface area contributed by atoms with E-state index in [2.05, 4.69) is 20.3 Å². The van der Waals surface area contributed by atoms with Crippen LogP contribution in [0.5, 0.6) is 0 Å². The molecule has 0 amide bonds. The molecule has 0 bridgehead atoms. The van der Waals surface area contributed by atoms with Gasteiger partial charge in [-0.25, -0.2) is 9.78 Å². The summed E-state index contributed by atoms with van der Waals surface area (Å²) in [4.78, 5) is 24.2. The lowest BCUT2D eigenvalue weighted by molar-refractivity contribution is -0.141. The number of carbonyl (C=O) groups excluding carboxylic acids is 1. The summed E-state index contributed by atoms with van der Waals surface area (Å²) >= 11 is 5.89. The highest BCUT2D eigenvalue weighted by Crippen LogP contribution is 2.21. The maximum Gasteiger partial charge on any atom is 0.328 e. The van der Waals surface area contributed by atoms with Gasteiger partial charge in [0, 0.05) is 6.20 Å². The fraction of sp³-hybridized carbons (Fsp3) is 0.429. The highest BCUT2D eigenvalue weighted by Gasteiger charge is 2.21. The predicted octanol–water partition coefficient (Wildman–Crippen LogP) is 2.77. The molecule has 6 nitrogen and oxygen atoms in total. The molecule has 0 saturated carbocycles. The van der Waals surface area contributed by atoms with Crippen molar-refractivity contribution in [3.8, 4) is 0 Å². The molecule has 2 aromatic rings. The Kier molecular flexibility index (Phi) is 5.83. The number of rotatable bonds is 7. The molecule has 0 fully saturated rings. The molecule has 0 aliphatic rings. The van der Waals surface area contributed by atoms with E-state index in [9.17, 15) is 9.18 Å². The first-order valence-electron chi connectivity index (χ1n) is 6.84. The van der Waals surface area contributed by atoms with Crippen LogP contribution in [0.2, 0.25) is 5.28 Å². The third-order valence-electron chi connectivity index (χ3n) is 3.10. The smallest absolute Gasteiger partial charge is 0.328 e. The number of ether oxygens (including phenoxy) is 1. The number of nitrogens with one attached hydrogen (secondary N) is 1. The molecular weight excluding hydrogens is 311 g/mol. The molecule has 2 rings (SSSR count). The van der Waals surface area contributed by atoms with Gasteiger partial charge in [0.1, 0.15) is 11.6 Å². The highest BCUT2D eigenvalue weighted by molar-refractivity contribution is 6.28. The van der Waals surface area contributed by atoms with Crippen molar-refractivity contribution in [3.05, 3.63) is 23.6 Å². The molecular formula is C14H16ClFN4O2. The van der Waals surface area contributed by atoms with Gasteiger partial charge in [0.05, 0.1) is 19.3 Å². The van der Waals surface area contributed by atoms with Crippen LogP contribution in [0.1, 0.15) is 19.3 Å². The molecule has 0 aliphatic heterocycles. The van der Waals surface area contributed by atoms with Crippen LogP contribution in [0.25, 0.3) is 11.0 Å². The number of alkyl halides is 1. The highest BCUT2D eigenvalue weighted by atomic mass is 35.5. The van der Waals surface area contributed by atoms with E-state index >= 15 is 0 Å². The lowest BCUT2D eigenvalue weighted by Crippen LogP contribution is -2.31. The summed E-state index contributed by atoms with van der Waals surface area (Å²) in [6.45, 7) is -0.419. The van der Waals surface area contributed by atoms with Gasteiger partial charge >= 0.3 is 5.97 Å². The number of carbonyl (C=O) groups is 1. The van der Waals surface area contributed by atoms with Gasteiger partial charge in [-0.05, 0) is 43.0 Å². The van der Waals surface area contributed by atoms with E-state index < -0.39 is 18.7 Å². The van der Waals surface area contributed by atoms with Gasteiger partial charge in [0.2, 0.25) is 5.28 Å². The van der Waals surface area contributed by atoms with Crippen LogP contribution in [-0.2, 0) is 9.53 Å². The lowest BCUT2D eigenvalue weighted by Gasteiger charge is -2.17. The van der Waals surface area contributed by atoms with Crippen molar-refractivity contribution in [1.82, 2.24) is 15.0 Å². The van der Waals surface area contributed by atoms with Crippen LogP contribution in [0.4, 0.5) is 10.2 Å². The average molecular weight is 327 g/mol. The van der Waals surface area contributed by atoms with E-state index in [0.29, 0.717) is 36.1 Å². The maximum absolute atomic E-state index is 12.2. The fourth-order valence-electron chi connectivity index (χ4n) is 2.04. The second-order valence-corrected chi connectivity index (χ2v) is 4.96. The Balaban J connectivity index is 2.27. The lowest BCUT2D eigenvalue weighted by atomic mass is 10.1. The Hall–Kier alpha value is -2.02. The number of hydrogen-bond acceptors (Lipinski definition) is 6. The number of methoxy groups -OCH3 is 1. The Morgan fingerprint density at radius 3 is 3.00 bits per heavy atom. The average Bonchev–Trinajstić information content (AvgIpc) is 2.53. The number of fused-ring (bicyclic) bond motifs is 1. The molecule has 0 aromatic carbocycles. The van der Waals surface area contributed by atoms with Crippen molar-refractivity contribution < 1.29 is 13.9 Å². The first-order chi connectivity index (χ1) is 10.7. The van der Waals surface area contributed by atoms with Crippen molar-refractivity contribution in [3.63, 3.8) is 0 Å². The monoisotopic (exact) mass is 326 g/mol. The van der Waals surface area contributed by atoms with Gasteiger partial charge in [-0.1, -0.05) is 0 Å². The van der Waals surface area contributed by atoms with E-state index in [1.807, 2.05) is 0 Å². The first kappa shape index (κ1) is 16.4. The van der Waals surface area contributed by atoms with E-state index in [0.717, 1.165) is 0 Å². The topological polar surface area (TPSA) is 77.0 Å². The largest absolute Gasteiger partial charge is 0.467 e. The van der Waals surface area contributed by atoms with Crippen LogP contribution < -0.4 is 5.32 Å². The summed E-state index contributed by atoms with van der Waals surface area (Å²) in [7, 11) is 1.30. The Morgan fingerprint density at radius 2 is 2.27 bits per heavy atom.